The second-order valence-electron chi connectivity index (χ2n) is 7.94. The summed E-state index contributed by atoms with van der Waals surface area (Å²) in [5.74, 6) is 1.20. The van der Waals surface area contributed by atoms with Crippen molar-refractivity contribution in [3.05, 3.63) is 108 Å². The second-order valence-corrected chi connectivity index (χ2v) is 7.94. The van der Waals surface area contributed by atoms with Gasteiger partial charge in [0.1, 0.15) is 5.69 Å². The van der Waals surface area contributed by atoms with Crippen molar-refractivity contribution in [1.82, 2.24) is 4.57 Å². The third-order valence-corrected chi connectivity index (χ3v) is 5.88. The van der Waals surface area contributed by atoms with E-state index in [1.165, 1.54) is 50.4 Å². The minimum atomic E-state index is 1.17. The van der Waals surface area contributed by atoms with E-state index in [1.807, 2.05) is 0 Å². The maximum Gasteiger partial charge on any atom is 0.295 e. The highest BCUT2D eigenvalue weighted by Crippen LogP contribution is 2.30. The van der Waals surface area contributed by atoms with E-state index in [2.05, 4.69) is 127 Å². The Morgan fingerprint density at radius 2 is 1.33 bits per heavy atom. The van der Waals surface area contributed by atoms with Crippen molar-refractivity contribution < 1.29 is 4.57 Å². The van der Waals surface area contributed by atoms with Gasteiger partial charge in [-0.15, -0.1) is 0 Å². The van der Waals surface area contributed by atoms with Gasteiger partial charge in [-0.1, -0.05) is 72.3 Å². The molecule has 5 rings (SSSR count). The number of para-hydroxylation sites is 2. The predicted octanol–water partition coefficient (Wildman–Crippen LogP) is 6.41. The van der Waals surface area contributed by atoms with Gasteiger partial charge in [0.15, 0.2) is 11.0 Å². The van der Waals surface area contributed by atoms with E-state index in [0.29, 0.717) is 0 Å². The van der Waals surface area contributed by atoms with E-state index >= 15 is 0 Å². The first-order chi connectivity index (χ1) is 14.6. The van der Waals surface area contributed by atoms with Crippen molar-refractivity contribution in [3.8, 4) is 28.2 Å². The Hall–Kier alpha value is -3.65. The lowest BCUT2D eigenvalue weighted by molar-refractivity contribution is -0.633. The highest BCUT2D eigenvalue weighted by molar-refractivity contribution is 5.80. The average molecular weight is 390 g/mol. The van der Waals surface area contributed by atoms with Crippen molar-refractivity contribution in [3.63, 3.8) is 0 Å². The molecule has 0 radical (unpaired) electrons. The maximum absolute atomic E-state index is 2.38. The molecule has 0 aliphatic carbocycles. The van der Waals surface area contributed by atoms with Crippen molar-refractivity contribution in [2.24, 2.45) is 7.05 Å². The van der Waals surface area contributed by atoms with Gasteiger partial charge in [-0.3, -0.25) is 0 Å². The first-order valence-electron chi connectivity index (χ1n) is 10.4. The number of benzene rings is 4. The van der Waals surface area contributed by atoms with Crippen molar-refractivity contribution in [2.45, 2.75) is 13.8 Å². The summed E-state index contributed by atoms with van der Waals surface area (Å²) < 4.78 is 4.69. The van der Waals surface area contributed by atoms with Gasteiger partial charge in [0, 0.05) is 0 Å². The Balaban J connectivity index is 1.76. The number of hydrogen-bond donors (Lipinski definition) is 0. The molecule has 0 aliphatic rings. The van der Waals surface area contributed by atoms with Gasteiger partial charge in [0.25, 0.3) is 5.82 Å². The van der Waals surface area contributed by atoms with Crippen molar-refractivity contribution in [2.75, 3.05) is 0 Å². The van der Waals surface area contributed by atoms with Crippen LogP contribution >= 0.6 is 0 Å². The molecule has 0 amide bonds. The van der Waals surface area contributed by atoms with Crippen LogP contribution < -0.4 is 4.57 Å². The molecule has 0 aliphatic heterocycles. The van der Waals surface area contributed by atoms with Crippen LogP contribution in [0.2, 0.25) is 0 Å². The fourth-order valence-corrected chi connectivity index (χ4v) is 4.29. The number of aromatic nitrogens is 2. The molecule has 2 heteroatoms. The summed E-state index contributed by atoms with van der Waals surface area (Å²) in [6, 6.07) is 34.7. The number of nitrogens with zero attached hydrogens (tertiary/aromatic N) is 2. The molecule has 0 fully saturated rings. The zero-order valence-corrected chi connectivity index (χ0v) is 17.6. The number of rotatable bonds is 3. The molecule has 0 atom stereocenters. The summed E-state index contributed by atoms with van der Waals surface area (Å²) in [6.45, 7) is 4.35. The quantitative estimate of drug-likeness (QED) is 0.315. The molecule has 0 saturated heterocycles. The predicted molar refractivity (Wildman–Crippen MR) is 125 cm³/mol. The monoisotopic (exact) mass is 389 g/mol. The van der Waals surface area contributed by atoms with Gasteiger partial charge < -0.3 is 0 Å². The summed E-state index contributed by atoms with van der Waals surface area (Å²) in [4.78, 5) is 0. The summed E-state index contributed by atoms with van der Waals surface area (Å²) in [6.07, 6.45) is 0. The second kappa shape index (κ2) is 7.31. The van der Waals surface area contributed by atoms with Crippen LogP contribution in [-0.4, -0.2) is 4.57 Å². The van der Waals surface area contributed by atoms with Gasteiger partial charge in [0.05, 0.1) is 12.6 Å². The molecular formula is C28H25N2+. The Bertz CT molecular complexity index is 1340. The molecule has 2 nitrogen and oxygen atoms in total. The zero-order chi connectivity index (χ0) is 20.7. The van der Waals surface area contributed by atoms with Crippen LogP contribution in [0.15, 0.2) is 97.1 Å². The Morgan fingerprint density at radius 3 is 2.10 bits per heavy atom. The molecule has 0 spiro atoms. The Kier molecular flexibility index (Phi) is 4.48. The SMILES string of the molecule is Cc1ccc(C)c(-c2n(-c3ccc(-c4ccccc4)cc3)c3ccccc3[n+]2C)c1. The molecule has 0 bridgehead atoms. The van der Waals surface area contributed by atoms with Gasteiger partial charge in [-0.25, -0.2) is 4.57 Å². The minimum Gasteiger partial charge on any atom is -0.225 e. The van der Waals surface area contributed by atoms with Gasteiger partial charge in [0.2, 0.25) is 0 Å². The van der Waals surface area contributed by atoms with Crippen molar-refractivity contribution >= 4 is 11.0 Å². The molecule has 0 N–H and O–H groups in total. The van der Waals surface area contributed by atoms with Gasteiger partial charge in [-0.05, 0) is 60.9 Å². The third-order valence-electron chi connectivity index (χ3n) is 5.88. The van der Waals surface area contributed by atoms with Crippen LogP contribution in [0.1, 0.15) is 11.1 Å². The van der Waals surface area contributed by atoms with Crippen LogP contribution in [0.25, 0.3) is 39.2 Å². The molecule has 1 aromatic heterocycles. The van der Waals surface area contributed by atoms with E-state index in [9.17, 15) is 0 Å². The molecule has 146 valence electrons. The van der Waals surface area contributed by atoms with E-state index in [1.54, 1.807) is 0 Å². The molecule has 30 heavy (non-hydrogen) atoms. The fraction of sp³-hybridized carbons (Fsp3) is 0.107. The molecule has 1 heterocycles. The highest BCUT2D eigenvalue weighted by atomic mass is 15.2. The summed E-state index contributed by atoms with van der Waals surface area (Å²) >= 11 is 0. The Labute approximate surface area is 177 Å². The molecule has 0 unspecified atom stereocenters. The molecule has 4 aromatic carbocycles. The van der Waals surface area contributed by atoms with E-state index in [0.717, 1.165) is 0 Å². The molecular weight excluding hydrogens is 364 g/mol. The van der Waals surface area contributed by atoms with Crippen LogP contribution in [0, 0.1) is 13.8 Å². The average Bonchev–Trinajstić information content (AvgIpc) is 3.08. The summed E-state index contributed by atoms with van der Waals surface area (Å²) in [5.41, 5.74) is 9.88. The lowest BCUT2D eigenvalue weighted by Crippen LogP contribution is -2.30. The molecule has 0 saturated carbocycles. The van der Waals surface area contributed by atoms with E-state index in [-0.39, 0.29) is 0 Å². The number of imidazole rings is 1. The smallest absolute Gasteiger partial charge is 0.225 e. The fourth-order valence-electron chi connectivity index (χ4n) is 4.29. The van der Waals surface area contributed by atoms with Gasteiger partial charge >= 0.3 is 0 Å². The summed E-state index contributed by atoms with van der Waals surface area (Å²) in [5, 5.41) is 0. The lowest BCUT2D eigenvalue weighted by Gasteiger charge is -2.08. The zero-order valence-electron chi connectivity index (χ0n) is 17.6. The largest absolute Gasteiger partial charge is 0.295 e. The number of aryl methyl sites for hydroxylation is 3. The highest BCUT2D eigenvalue weighted by Gasteiger charge is 2.26. The van der Waals surface area contributed by atoms with Crippen molar-refractivity contribution in [1.29, 1.82) is 0 Å². The standard InChI is InChI=1S/C28H25N2/c1-20-13-14-21(2)25(19-20)28-29(3)26-11-7-8-12-27(26)30(28)24-17-15-23(16-18-24)22-9-5-4-6-10-22/h4-19H,1-3H3/q+1. The first-order valence-corrected chi connectivity index (χ1v) is 10.4. The normalized spacial score (nSPS) is 11.2. The topological polar surface area (TPSA) is 8.81 Å². The first kappa shape index (κ1) is 18.4. The Morgan fingerprint density at radius 1 is 0.667 bits per heavy atom. The minimum absolute atomic E-state index is 1.17. The number of fused-ring (bicyclic) bond motifs is 1. The van der Waals surface area contributed by atoms with Crippen LogP contribution in [-0.2, 0) is 7.05 Å². The lowest BCUT2D eigenvalue weighted by atomic mass is 10.0. The van der Waals surface area contributed by atoms with E-state index in [4.69, 9.17) is 0 Å². The third kappa shape index (κ3) is 3.02. The molecule has 5 aromatic rings. The van der Waals surface area contributed by atoms with E-state index < -0.39 is 0 Å². The summed E-state index contributed by atoms with van der Waals surface area (Å²) in [7, 11) is 2.16. The maximum atomic E-state index is 2.38. The van der Waals surface area contributed by atoms with Crippen LogP contribution in [0.5, 0.6) is 0 Å². The van der Waals surface area contributed by atoms with Gasteiger partial charge in [-0.2, -0.15) is 4.57 Å². The van der Waals surface area contributed by atoms with Crippen LogP contribution in [0.3, 0.4) is 0 Å². The van der Waals surface area contributed by atoms with Crippen LogP contribution in [0.4, 0.5) is 0 Å². The number of hydrogen-bond acceptors (Lipinski definition) is 0.